The SMILES string of the molecule is Cc1ccc(S(=O)(=O)NCC(=O)Nc2cc(C)ccn2)cc1. The fourth-order valence-electron chi connectivity index (χ4n) is 1.75. The molecule has 1 amide bonds. The normalized spacial score (nSPS) is 11.2. The first-order chi connectivity index (χ1) is 10.4. The zero-order chi connectivity index (χ0) is 16.2. The van der Waals surface area contributed by atoms with E-state index in [-0.39, 0.29) is 11.4 Å². The lowest BCUT2D eigenvalue weighted by molar-refractivity contribution is -0.115. The zero-order valence-electron chi connectivity index (χ0n) is 12.3. The van der Waals surface area contributed by atoms with Crippen molar-refractivity contribution >= 4 is 21.7 Å². The van der Waals surface area contributed by atoms with Gasteiger partial charge in [-0.3, -0.25) is 4.79 Å². The summed E-state index contributed by atoms with van der Waals surface area (Å²) in [5, 5.41) is 2.54. The molecule has 1 aromatic heterocycles. The number of hydrogen-bond acceptors (Lipinski definition) is 4. The average molecular weight is 319 g/mol. The van der Waals surface area contributed by atoms with Crippen LogP contribution in [0.2, 0.25) is 0 Å². The molecule has 0 saturated heterocycles. The highest BCUT2D eigenvalue weighted by atomic mass is 32.2. The molecule has 2 N–H and O–H groups in total. The van der Waals surface area contributed by atoms with Gasteiger partial charge in [0.15, 0.2) is 0 Å². The summed E-state index contributed by atoms with van der Waals surface area (Å²) in [6.07, 6.45) is 1.57. The van der Waals surface area contributed by atoms with Crippen LogP contribution < -0.4 is 10.0 Å². The summed E-state index contributed by atoms with van der Waals surface area (Å²) in [6.45, 7) is 3.38. The smallest absolute Gasteiger partial charge is 0.241 e. The maximum absolute atomic E-state index is 12.0. The van der Waals surface area contributed by atoms with Gasteiger partial charge in [0, 0.05) is 6.20 Å². The molecule has 0 aliphatic rings. The van der Waals surface area contributed by atoms with Crippen LogP contribution in [0.1, 0.15) is 11.1 Å². The van der Waals surface area contributed by atoms with Crippen LogP contribution in [0, 0.1) is 13.8 Å². The number of aryl methyl sites for hydroxylation is 2. The summed E-state index contributed by atoms with van der Waals surface area (Å²) >= 11 is 0. The van der Waals surface area contributed by atoms with Gasteiger partial charge in [0.05, 0.1) is 11.4 Å². The third kappa shape index (κ3) is 4.37. The Hall–Kier alpha value is -2.25. The Morgan fingerprint density at radius 2 is 1.77 bits per heavy atom. The number of pyridine rings is 1. The second-order valence-corrected chi connectivity index (χ2v) is 6.67. The highest BCUT2D eigenvalue weighted by Gasteiger charge is 2.15. The van der Waals surface area contributed by atoms with Crippen molar-refractivity contribution in [2.75, 3.05) is 11.9 Å². The van der Waals surface area contributed by atoms with Gasteiger partial charge >= 0.3 is 0 Å². The van der Waals surface area contributed by atoms with E-state index in [0.717, 1.165) is 11.1 Å². The summed E-state index contributed by atoms with van der Waals surface area (Å²) in [4.78, 5) is 15.9. The van der Waals surface area contributed by atoms with Gasteiger partial charge < -0.3 is 5.32 Å². The summed E-state index contributed by atoms with van der Waals surface area (Å²) < 4.78 is 26.4. The molecule has 22 heavy (non-hydrogen) atoms. The van der Waals surface area contributed by atoms with Gasteiger partial charge in [-0.15, -0.1) is 0 Å². The minimum atomic E-state index is -3.70. The van der Waals surface area contributed by atoms with Crippen LogP contribution in [0.4, 0.5) is 5.82 Å². The Labute approximate surface area is 129 Å². The Kier molecular flexibility index (Phi) is 4.89. The number of carbonyl (C=O) groups excluding carboxylic acids is 1. The van der Waals surface area contributed by atoms with Crippen LogP contribution in [-0.4, -0.2) is 25.9 Å². The van der Waals surface area contributed by atoms with Crippen LogP contribution in [0.5, 0.6) is 0 Å². The van der Waals surface area contributed by atoms with Gasteiger partial charge in [0.25, 0.3) is 0 Å². The molecule has 0 atom stereocenters. The maximum Gasteiger partial charge on any atom is 0.241 e. The van der Waals surface area contributed by atoms with Crippen LogP contribution in [0.25, 0.3) is 0 Å². The Morgan fingerprint density at radius 3 is 2.41 bits per heavy atom. The Balaban J connectivity index is 1.97. The molecule has 0 aliphatic carbocycles. The Morgan fingerprint density at radius 1 is 1.09 bits per heavy atom. The molecule has 0 unspecified atom stereocenters. The number of rotatable bonds is 5. The van der Waals surface area contributed by atoms with Gasteiger partial charge in [-0.2, -0.15) is 0 Å². The van der Waals surface area contributed by atoms with Crippen LogP contribution in [0.15, 0.2) is 47.5 Å². The number of sulfonamides is 1. The van der Waals surface area contributed by atoms with E-state index < -0.39 is 15.9 Å². The van der Waals surface area contributed by atoms with Crippen molar-refractivity contribution in [1.82, 2.24) is 9.71 Å². The van der Waals surface area contributed by atoms with Gasteiger partial charge in [-0.05, 0) is 43.7 Å². The predicted molar refractivity (Wildman–Crippen MR) is 84.0 cm³/mol. The van der Waals surface area contributed by atoms with Crippen molar-refractivity contribution in [1.29, 1.82) is 0 Å². The number of anilines is 1. The van der Waals surface area contributed by atoms with Crippen molar-refractivity contribution in [3.8, 4) is 0 Å². The molecule has 6 nitrogen and oxygen atoms in total. The standard InChI is InChI=1S/C15H17N3O3S/c1-11-3-5-13(6-4-11)22(20,21)17-10-15(19)18-14-9-12(2)7-8-16-14/h3-9,17H,10H2,1-2H3,(H,16,18,19). The highest BCUT2D eigenvalue weighted by molar-refractivity contribution is 7.89. The lowest BCUT2D eigenvalue weighted by atomic mass is 10.2. The van der Waals surface area contributed by atoms with Crippen LogP contribution in [0.3, 0.4) is 0 Å². The molecule has 116 valence electrons. The number of nitrogens with zero attached hydrogens (tertiary/aromatic N) is 1. The van der Waals surface area contributed by atoms with Gasteiger partial charge in [-0.25, -0.2) is 18.1 Å². The molecule has 0 radical (unpaired) electrons. The lowest BCUT2D eigenvalue weighted by Crippen LogP contribution is -2.33. The maximum atomic E-state index is 12.0. The van der Waals surface area contributed by atoms with Crippen molar-refractivity contribution in [3.05, 3.63) is 53.7 Å². The number of nitrogens with one attached hydrogen (secondary N) is 2. The van der Waals surface area contributed by atoms with Gasteiger partial charge in [0.2, 0.25) is 15.9 Å². The third-order valence-electron chi connectivity index (χ3n) is 2.94. The van der Waals surface area contributed by atoms with E-state index >= 15 is 0 Å². The zero-order valence-corrected chi connectivity index (χ0v) is 13.1. The largest absolute Gasteiger partial charge is 0.310 e. The average Bonchev–Trinajstić information content (AvgIpc) is 2.46. The number of carbonyl (C=O) groups is 1. The molecule has 0 bridgehead atoms. The number of amides is 1. The van der Waals surface area contributed by atoms with Gasteiger partial charge in [0.1, 0.15) is 5.82 Å². The second kappa shape index (κ2) is 6.67. The fraction of sp³-hybridized carbons (Fsp3) is 0.200. The third-order valence-corrected chi connectivity index (χ3v) is 4.35. The number of benzene rings is 1. The molecule has 0 aliphatic heterocycles. The molecule has 0 saturated carbocycles. The molecule has 2 rings (SSSR count). The highest BCUT2D eigenvalue weighted by Crippen LogP contribution is 2.09. The first-order valence-corrected chi connectivity index (χ1v) is 8.14. The van der Waals surface area contributed by atoms with E-state index in [1.54, 1.807) is 30.5 Å². The van der Waals surface area contributed by atoms with Crippen molar-refractivity contribution in [2.45, 2.75) is 18.7 Å². The Bertz CT molecular complexity index is 771. The topological polar surface area (TPSA) is 88.2 Å². The number of hydrogen-bond donors (Lipinski definition) is 2. The van der Waals surface area contributed by atoms with Crippen molar-refractivity contribution < 1.29 is 13.2 Å². The summed E-state index contributed by atoms with van der Waals surface area (Å²) in [5.74, 6) is -0.0895. The molecule has 7 heteroatoms. The molecule has 0 spiro atoms. The summed E-state index contributed by atoms with van der Waals surface area (Å²) in [5.41, 5.74) is 1.91. The summed E-state index contributed by atoms with van der Waals surface area (Å²) in [6, 6.07) is 9.90. The van der Waals surface area contributed by atoms with Crippen LogP contribution in [-0.2, 0) is 14.8 Å². The predicted octanol–water partition coefficient (Wildman–Crippen LogP) is 1.62. The van der Waals surface area contributed by atoms with Crippen molar-refractivity contribution in [3.63, 3.8) is 0 Å². The molecule has 1 aromatic carbocycles. The quantitative estimate of drug-likeness (QED) is 0.876. The molecular formula is C15H17N3O3S. The van der Waals surface area contributed by atoms with E-state index in [9.17, 15) is 13.2 Å². The van der Waals surface area contributed by atoms with Crippen LogP contribution >= 0.6 is 0 Å². The molecule has 1 heterocycles. The lowest BCUT2D eigenvalue weighted by Gasteiger charge is -2.08. The number of aromatic nitrogens is 1. The minimum absolute atomic E-state index is 0.125. The molecular weight excluding hydrogens is 302 g/mol. The molecule has 0 fully saturated rings. The minimum Gasteiger partial charge on any atom is -0.310 e. The monoisotopic (exact) mass is 319 g/mol. The van der Waals surface area contributed by atoms with E-state index in [2.05, 4.69) is 15.0 Å². The first kappa shape index (κ1) is 16.1. The van der Waals surface area contributed by atoms with E-state index in [4.69, 9.17) is 0 Å². The van der Waals surface area contributed by atoms with E-state index in [1.807, 2.05) is 13.8 Å². The second-order valence-electron chi connectivity index (χ2n) is 4.90. The first-order valence-electron chi connectivity index (χ1n) is 6.66. The summed E-state index contributed by atoms with van der Waals surface area (Å²) in [7, 11) is -3.70. The van der Waals surface area contributed by atoms with E-state index in [1.165, 1.54) is 12.1 Å². The van der Waals surface area contributed by atoms with E-state index in [0.29, 0.717) is 5.82 Å². The molecule has 2 aromatic rings. The van der Waals surface area contributed by atoms with Crippen molar-refractivity contribution in [2.24, 2.45) is 0 Å². The van der Waals surface area contributed by atoms with Gasteiger partial charge in [-0.1, -0.05) is 17.7 Å². The fourth-order valence-corrected chi connectivity index (χ4v) is 2.74.